The maximum atomic E-state index is 13.1. The van der Waals surface area contributed by atoms with Gasteiger partial charge in [-0.2, -0.15) is 0 Å². The zero-order valence-corrected chi connectivity index (χ0v) is 97.5. The number of nitrogens with two attached hydrogens (primary N) is 1. The number of ketones is 2. The molecule has 150 heavy (non-hydrogen) atoms. The number of ether oxygens (including phenoxy) is 19. The van der Waals surface area contributed by atoms with Gasteiger partial charge in [-0.15, -0.1) is 0 Å². The number of carbonyl (C=O) groups is 10. The summed E-state index contributed by atoms with van der Waals surface area (Å²) in [4.78, 5) is 121. The van der Waals surface area contributed by atoms with Crippen molar-refractivity contribution in [3.8, 4) is 0 Å². The molecule has 0 spiro atoms. The number of aliphatic hydroxyl groups is 8. The Kier molecular flexibility index (Phi) is 72.3. The maximum absolute atomic E-state index is 13.1. The number of Topliss-reactive ketones (excluding diaryl/α,β-unsaturated/α-hetero) is 2. The van der Waals surface area contributed by atoms with Crippen molar-refractivity contribution in [3.63, 3.8) is 0 Å². The molecule has 2 radical (unpaired) electrons. The quantitative estimate of drug-likeness (QED) is 0.00855. The Labute approximate surface area is 925 Å². The summed E-state index contributed by atoms with van der Waals surface area (Å²) in [6, 6.07) is -3.83. The van der Waals surface area contributed by atoms with Gasteiger partial charge in [-0.05, 0) is 93.3 Å². The minimum atomic E-state index is -3.54. The van der Waals surface area contributed by atoms with Crippen LogP contribution >= 0.6 is 30.4 Å². The minimum absolute atomic E-state index is 0. The van der Waals surface area contributed by atoms with E-state index in [1.54, 1.807) is 26.7 Å². The van der Waals surface area contributed by atoms with Crippen molar-refractivity contribution in [1.29, 1.82) is 0 Å². The van der Waals surface area contributed by atoms with Crippen LogP contribution in [0.2, 0.25) is 0 Å². The SMILES string of the molecule is CC1[CH-]C2OP(C)(=O)OCC3OC(C)C(NCCO)C3OP(C)(=O)OCC2O1.CC1[CH-]C2OP(C)(=O)OCC3OC(C)C(NCCOC(=O)C(C)N)C3OP(C)(=O)OCC2O1.CCC(CO)OC(CO)OCC(COC(=O)CCCC(=O)NC(C)C(C)=O)OC(CO)OCC(CO)OC(CO)OCC(COC(=O)CCCC(=O)NC(C)C(=O)OC)OC(CO)OCC(CO)OC(COC(=O)CCCC(=O)NC(C)C(C)=O)OC.[Y].[Y]. The maximum Gasteiger partial charge on any atom is 0.328 e. The first kappa shape index (κ1) is 143. The average molecular weight is 2400 g/mol. The fourth-order valence-electron chi connectivity index (χ4n) is 14.3. The molecule has 868 valence electrons. The Balaban J connectivity index is 0.000000961. The second kappa shape index (κ2) is 75.9. The molecule has 6 fully saturated rings. The summed E-state index contributed by atoms with van der Waals surface area (Å²) in [6.45, 7) is 14.8. The van der Waals surface area contributed by atoms with Crippen LogP contribution in [-0.2, 0) is 258 Å². The van der Waals surface area contributed by atoms with E-state index in [4.69, 9.17) is 132 Å². The van der Waals surface area contributed by atoms with Crippen molar-refractivity contribution in [1.82, 2.24) is 26.6 Å². The van der Waals surface area contributed by atoms with Crippen molar-refractivity contribution in [2.24, 2.45) is 5.73 Å². The van der Waals surface area contributed by atoms with Crippen LogP contribution in [-0.4, -0.2) is 458 Å². The fourth-order valence-corrected chi connectivity index (χ4v) is 19.0. The standard InChI is InChI=1S/C54H95N3O30.C19H35N2O10P2.C16H30NO9P2.2Y/c1-9-38(19-58)83-49(22-61)81-30-41(28-76-46(70)16-10-13-43(67)55-33(2)36(5)65)86-51(24-63)79-26-39(20-59)84-50(23-62)82-31-42(29-77-47(71)17-12-15-45(69)57-35(4)54(73)75-8)87-52(25-64)80-27-40(21-60)85-53(74-7)32-78-48(72)18-11-14-44(68)56-34(3)37(6)66;1-11-8-14-15(28-11)9-26-33(5,24)31-18-16(10-27-32(4,23)30-14)29-13(3)17(18)21-6-7-25-19(22)12(2)20;1-10-7-12-13(23-10)8-21-28(4,20)26-16-14(9-22-27(3,19)25-12)24-11(2)15(16)17-5-6-18;;/h33-35,38-42,49-53,58-64H,9-32H2,1-8H3,(H,55,67)(H,56,68)(H,57,69);8,11-18,21H,6-7,9-10,20H2,1-5H3;7,10-18H,5-6,8-9H2,1-4H3;;/q;2*-1;;. The van der Waals surface area contributed by atoms with Gasteiger partial charge in [0.15, 0.2) is 43.0 Å². The van der Waals surface area contributed by atoms with Crippen molar-refractivity contribution in [2.75, 3.05) is 186 Å². The van der Waals surface area contributed by atoms with Gasteiger partial charge in [0.25, 0.3) is 0 Å². The van der Waals surface area contributed by atoms with Gasteiger partial charge in [0.05, 0.1) is 168 Å². The van der Waals surface area contributed by atoms with Crippen molar-refractivity contribution in [2.45, 2.75) is 312 Å². The number of hydrogen-bond donors (Lipinski definition) is 14. The second-order valence-corrected chi connectivity index (χ2v) is 43.6. The van der Waals surface area contributed by atoms with Crippen molar-refractivity contribution in [3.05, 3.63) is 12.8 Å². The fraction of sp³-hybridized carbons (Fsp3) is 0.865. The minimum Gasteiger partial charge on any atom is -0.467 e. The number of esters is 5. The van der Waals surface area contributed by atoms with Gasteiger partial charge in [-0.1, -0.05) is 33.0 Å². The molecule has 32 atom stereocenters. The normalized spacial score (nSPS) is 28.7. The van der Waals surface area contributed by atoms with Crippen molar-refractivity contribution < 1.29 is 299 Å². The number of amides is 3. The smallest absolute Gasteiger partial charge is 0.328 e. The van der Waals surface area contributed by atoms with Gasteiger partial charge in [0.2, 0.25) is 17.7 Å². The zero-order chi connectivity index (χ0) is 111. The van der Waals surface area contributed by atoms with Crippen LogP contribution in [0.3, 0.4) is 0 Å². The van der Waals surface area contributed by atoms with Crippen LogP contribution in [0.5, 0.6) is 0 Å². The molecule has 0 aromatic carbocycles. The summed E-state index contributed by atoms with van der Waals surface area (Å²) >= 11 is 0. The third-order valence-electron chi connectivity index (χ3n) is 22.4. The van der Waals surface area contributed by atoms with Crippen LogP contribution < -0.4 is 32.3 Å². The summed E-state index contributed by atoms with van der Waals surface area (Å²) in [5, 5.41) is 93.5. The van der Waals surface area contributed by atoms with Crippen LogP contribution in [0.4, 0.5) is 0 Å². The van der Waals surface area contributed by atoms with Crippen LogP contribution in [0, 0.1) is 12.8 Å². The third-order valence-corrected chi connectivity index (χ3v) is 27.4. The number of methoxy groups -OCH3 is 2. The second-order valence-electron chi connectivity index (χ2n) is 35.5. The summed E-state index contributed by atoms with van der Waals surface area (Å²) < 4.78 is 203. The molecule has 3 amide bonds. The Morgan fingerprint density at radius 1 is 0.400 bits per heavy atom. The monoisotopic (exact) mass is 2400 g/mol. The number of carbonyl (C=O) groups excluding carboxylic acids is 10. The van der Waals surface area contributed by atoms with Gasteiger partial charge in [-0.25, -0.2) is 4.79 Å². The zero-order valence-electron chi connectivity index (χ0n) is 88.3. The van der Waals surface area contributed by atoms with E-state index in [2.05, 4.69) is 31.3 Å². The molecule has 15 N–H and O–H groups in total. The molecule has 32 unspecified atom stereocenters. The van der Waals surface area contributed by atoms with E-state index in [0.717, 1.165) is 7.11 Å². The van der Waals surface area contributed by atoms with Gasteiger partial charge >= 0.3 is 60.2 Å². The van der Waals surface area contributed by atoms with E-state index < -0.39 is 311 Å². The summed E-state index contributed by atoms with van der Waals surface area (Å²) in [6.07, 6.45) is -16.2. The van der Waals surface area contributed by atoms with E-state index in [9.17, 15) is 102 Å². The molecule has 6 aliphatic heterocycles. The Morgan fingerprint density at radius 2 is 0.727 bits per heavy atom. The molecule has 0 aliphatic carbocycles. The summed E-state index contributed by atoms with van der Waals surface area (Å²) in [5.41, 5.74) is 5.49. The molecule has 0 aromatic heterocycles. The number of hydrogen-bond acceptors (Lipinski definition) is 52. The van der Waals surface area contributed by atoms with E-state index >= 15 is 0 Å². The van der Waals surface area contributed by atoms with Gasteiger partial charge in [0, 0.05) is 151 Å². The number of nitrogens with one attached hydrogen (secondary N) is 5. The molecule has 6 aliphatic rings. The number of aliphatic hydroxyl groups excluding tert-OH is 8. The average Bonchev–Trinajstić information content (AvgIpc) is 1.65. The molecule has 6 heterocycles. The summed E-state index contributed by atoms with van der Waals surface area (Å²) in [5.74, 6) is -5.40. The Hall–Kier alpha value is -3.09. The first-order valence-electron chi connectivity index (χ1n) is 48.8. The van der Waals surface area contributed by atoms with E-state index in [0.29, 0.717) is 19.5 Å². The molecule has 61 heteroatoms. The molecule has 6 saturated heterocycles. The molecule has 0 saturated carbocycles. The van der Waals surface area contributed by atoms with E-state index in [1.807, 2.05) is 27.7 Å². The van der Waals surface area contributed by atoms with Crippen LogP contribution in [0.25, 0.3) is 0 Å². The predicted molar refractivity (Wildman–Crippen MR) is 513 cm³/mol. The molecular formula is C89H160N6O49P4Y2-2. The topological polar surface area (TPSA) is 736 Å². The van der Waals surface area contributed by atoms with E-state index in [1.165, 1.54) is 68.4 Å². The molecule has 0 bridgehead atoms. The van der Waals surface area contributed by atoms with Gasteiger partial charge in [0.1, 0.15) is 87.3 Å². The van der Waals surface area contributed by atoms with Gasteiger partial charge in [-0.3, -0.25) is 74.3 Å². The molecule has 0 aromatic rings. The van der Waals surface area contributed by atoms with Crippen molar-refractivity contribution >= 4 is 89.5 Å². The van der Waals surface area contributed by atoms with E-state index in [-0.39, 0.29) is 205 Å². The van der Waals surface area contributed by atoms with Crippen LogP contribution in [0.1, 0.15) is 140 Å². The Morgan fingerprint density at radius 3 is 1.06 bits per heavy atom. The number of fused-ring (bicyclic) bond motifs is 4. The molecule has 55 nitrogen and oxygen atoms in total. The van der Waals surface area contributed by atoms with Crippen LogP contribution in [0.15, 0.2) is 0 Å². The first-order valence-corrected chi connectivity index (χ1v) is 56.8. The largest absolute Gasteiger partial charge is 0.467 e. The third kappa shape index (κ3) is 57.3. The summed E-state index contributed by atoms with van der Waals surface area (Å²) in [7, 11) is -11.5. The van der Waals surface area contributed by atoms with Gasteiger partial charge < -0.3 is 199 Å². The number of rotatable bonds is 63. The Bertz CT molecular complexity index is 4120. The predicted octanol–water partition coefficient (Wildman–Crippen LogP) is -1.13. The molecular weight excluding hydrogens is 2240 g/mol. The molecule has 6 rings (SSSR count). The first-order chi connectivity index (χ1) is 69.9.